The molecule has 5 nitrogen and oxygen atoms in total. The van der Waals surface area contributed by atoms with E-state index in [-0.39, 0.29) is 5.91 Å². The molecule has 0 saturated heterocycles. The lowest BCUT2D eigenvalue weighted by molar-refractivity contribution is -0.128. The average Bonchev–Trinajstić information content (AvgIpc) is 2.79. The first-order valence-electron chi connectivity index (χ1n) is 6.75. The summed E-state index contributed by atoms with van der Waals surface area (Å²) < 4.78 is 0. The van der Waals surface area contributed by atoms with Crippen LogP contribution in [0.5, 0.6) is 0 Å². The molecule has 0 unspecified atom stereocenters. The SMILES string of the molecule is CN(C)C(=O)CCCN1Cc2ccc(C(=O)O)cc2C1. The Balaban J connectivity index is 1.87. The molecule has 0 radical (unpaired) electrons. The zero-order chi connectivity index (χ0) is 14.7. The summed E-state index contributed by atoms with van der Waals surface area (Å²) in [5.41, 5.74) is 2.62. The molecule has 0 atom stereocenters. The molecule has 0 spiro atoms. The van der Waals surface area contributed by atoms with Crippen molar-refractivity contribution >= 4 is 11.9 Å². The Morgan fingerprint density at radius 3 is 2.60 bits per heavy atom. The average molecular weight is 276 g/mol. The summed E-state index contributed by atoms with van der Waals surface area (Å²) in [7, 11) is 3.53. The van der Waals surface area contributed by atoms with Gasteiger partial charge in [-0.1, -0.05) is 6.07 Å². The molecule has 0 fully saturated rings. The largest absolute Gasteiger partial charge is 0.478 e. The minimum absolute atomic E-state index is 0.148. The Hall–Kier alpha value is -1.88. The number of benzene rings is 1. The predicted molar refractivity (Wildman–Crippen MR) is 75.4 cm³/mol. The van der Waals surface area contributed by atoms with Crippen molar-refractivity contribution in [1.82, 2.24) is 9.80 Å². The second-order valence-electron chi connectivity index (χ2n) is 5.39. The van der Waals surface area contributed by atoms with Crippen LogP contribution in [0.4, 0.5) is 0 Å². The van der Waals surface area contributed by atoms with Gasteiger partial charge >= 0.3 is 5.97 Å². The van der Waals surface area contributed by atoms with Crippen LogP contribution in [0.15, 0.2) is 18.2 Å². The lowest BCUT2D eigenvalue weighted by Gasteiger charge is -2.15. The lowest BCUT2D eigenvalue weighted by Crippen LogP contribution is -2.24. The fourth-order valence-electron chi connectivity index (χ4n) is 2.43. The molecule has 2 rings (SSSR count). The van der Waals surface area contributed by atoms with Crippen LogP contribution < -0.4 is 0 Å². The zero-order valence-electron chi connectivity index (χ0n) is 11.9. The monoisotopic (exact) mass is 276 g/mol. The van der Waals surface area contributed by atoms with Gasteiger partial charge in [0.2, 0.25) is 5.91 Å². The Morgan fingerprint density at radius 2 is 1.95 bits per heavy atom. The highest BCUT2D eigenvalue weighted by atomic mass is 16.4. The number of carboxylic acids is 1. The van der Waals surface area contributed by atoms with Crippen molar-refractivity contribution in [2.24, 2.45) is 0 Å². The van der Waals surface area contributed by atoms with Gasteiger partial charge in [0.05, 0.1) is 5.56 Å². The van der Waals surface area contributed by atoms with Crippen molar-refractivity contribution in [3.05, 3.63) is 34.9 Å². The van der Waals surface area contributed by atoms with Crippen molar-refractivity contribution in [2.45, 2.75) is 25.9 Å². The first kappa shape index (κ1) is 14.5. The van der Waals surface area contributed by atoms with Crippen molar-refractivity contribution < 1.29 is 14.7 Å². The zero-order valence-corrected chi connectivity index (χ0v) is 11.9. The number of aromatic carboxylic acids is 1. The summed E-state index contributed by atoms with van der Waals surface area (Å²) in [6.07, 6.45) is 1.39. The standard InChI is InChI=1S/C15H20N2O3/c1-16(2)14(18)4-3-7-17-9-12-6-5-11(15(19)20)8-13(12)10-17/h5-6,8H,3-4,7,9-10H2,1-2H3,(H,19,20). The molecule has 1 aromatic rings. The first-order chi connectivity index (χ1) is 9.47. The van der Waals surface area contributed by atoms with E-state index in [0.717, 1.165) is 31.6 Å². The van der Waals surface area contributed by atoms with Gasteiger partial charge in [-0.2, -0.15) is 0 Å². The van der Waals surface area contributed by atoms with E-state index in [9.17, 15) is 9.59 Å². The fraction of sp³-hybridized carbons (Fsp3) is 0.467. The van der Waals surface area contributed by atoms with Gasteiger partial charge in [0.1, 0.15) is 0 Å². The summed E-state index contributed by atoms with van der Waals surface area (Å²) in [4.78, 5) is 26.3. The summed E-state index contributed by atoms with van der Waals surface area (Å²) in [6.45, 7) is 2.47. The normalized spacial score (nSPS) is 14.1. The summed E-state index contributed by atoms with van der Waals surface area (Å²) >= 11 is 0. The van der Waals surface area contributed by atoms with E-state index in [4.69, 9.17) is 5.11 Å². The van der Waals surface area contributed by atoms with E-state index in [0.29, 0.717) is 12.0 Å². The molecule has 5 heteroatoms. The highest BCUT2D eigenvalue weighted by Crippen LogP contribution is 2.24. The number of nitrogens with zero attached hydrogens (tertiary/aromatic N) is 2. The van der Waals surface area contributed by atoms with Gasteiger partial charge < -0.3 is 10.0 Å². The second-order valence-corrected chi connectivity index (χ2v) is 5.39. The van der Waals surface area contributed by atoms with Crippen LogP contribution in [-0.4, -0.2) is 47.4 Å². The van der Waals surface area contributed by atoms with Gasteiger partial charge in [0, 0.05) is 33.6 Å². The maximum Gasteiger partial charge on any atom is 0.335 e. The third-order valence-electron chi connectivity index (χ3n) is 3.60. The molecule has 1 amide bonds. The molecular weight excluding hydrogens is 256 g/mol. The van der Waals surface area contributed by atoms with Gasteiger partial charge in [-0.25, -0.2) is 4.79 Å². The van der Waals surface area contributed by atoms with Gasteiger partial charge in [-0.15, -0.1) is 0 Å². The van der Waals surface area contributed by atoms with Gasteiger partial charge in [-0.3, -0.25) is 9.69 Å². The molecule has 1 aliphatic rings. The summed E-state index contributed by atoms with van der Waals surface area (Å²) in [5.74, 6) is -0.738. The second kappa shape index (κ2) is 6.05. The van der Waals surface area contributed by atoms with Crippen LogP contribution in [-0.2, 0) is 17.9 Å². The minimum Gasteiger partial charge on any atom is -0.478 e. The van der Waals surface area contributed by atoms with E-state index in [1.165, 1.54) is 5.56 Å². The quantitative estimate of drug-likeness (QED) is 0.886. The molecule has 1 heterocycles. The highest BCUT2D eigenvalue weighted by Gasteiger charge is 2.20. The van der Waals surface area contributed by atoms with E-state index in [1.54, 1.807) is 31.1 Å². The van der Waals surface area contributed by atoms with Crippen molar-refractivity contribution in [3.63, 3.8) is 0 Å². The Labute approximate surface area is 118 Å². The van der Waals surface area contributed by atoms with Crippen LogP contribution in [0.2, 0.25) is 0 Å². The van der Waals surface area contributed by atoms with E-state index < -0.39 is 5.97 Å². The van der Waals surface area contributed by atoms with Crippen LogP contribution >= 0.6 is 0 Å². The van der Waals surface area contributed by atoms with E-state index in [1.807, 2.05) is 6.07 Å². The van der Waals surface area contributed by atoms with Crippen LogP contribution in [0.3, 0.4) is 0 Å². The van der Waals surface area contributed by atoms with E-state index in [2.05, 4.69) is 4.90 Å². The number of carbonyl (C=O) groups excluding carboxylic acids is 1. The molecule has 0 bridgehead atoms. The molecule has 0 saturated carbocycles. The third-order valence-corrected chi connectivity index (χ3v) is 3.60. The molecule has 1 N–H and O–H groups in total. The minimum atomic E-state index is -0.886. The lowest BCUT2D eigenvalue weighted by atomic mass is 10.1. The molecule has 0 aliphatic carbocycles. The van der Waals surface area contributed by atoms with Crippen LogP contribution in [0.1, 0.15) is 34.3 Å². The topological polar surface area (TPSA) is 60.9 Å². The molecule has 1 aromatic carbocycles. The molecule has 20 heavy (non-hydrogen) atoms. The van der Waals surface area contributed by atoms with Crippen LogP contribution in [0.25, 0.3) is 0 Å². The Morgan fingerprint density at radius 1 is 1.25 bits per heavy atom. The van der Waals surface area contributed by atoms with E-state index >= 15 is 0 Å². The number of rotatable bonds is 5. The first-order valence-corrected chi connectivity index (χ1v) is 6.75. The van der Waals surface area contributed by atoms with Crippen molar-refractivity contribution in [2.75, 3.05) is 20.6 Å². The Kier molecular flexibility index (Phi) is 4.39. The molecule has 108 valence electrons. The predicted octanol–water partition coefficient (Wildman–Crippen LogP) is 1.57. The summed E-state index contributed by atoms with van der Waals surface area (Å²) in [6, 6.07) is 5.30. The number of carbonyl (C=O) groups is 2. The molecule has 1 aliphatic heterocycles. The number of carboxylic acid groups (broad SMARTS) is 1. The number of hydrogen-bond donors (Lipinski definition) is 1. The van der Waals surface area contributed by atoms with Gasteiger partial charge in [0.25, 0.3) is 0 Å². The third kappa shape index (κ3) is 3.36. The van der Waals surface area contributed by atoms with Crippen molar-refractivity contribution in [1.29, 1.82) is 0 Å². The smallest absolute Gasteiger partial charge is 0.335 e. The number of hydrogen-bond acceptors (Lipinski definition) is 3. The highest BCUT2D eigenvalue weighted by molar-refractivity contribution is 5.88. The van der Waals surface area contributed by atoms with Crippen LogP contribution in [0, 0.1) is 0 Å². The maximum atomic E-state index is 11.5. The van der Waals surface area contributed by atoms with Crippen molar-refractivity contribution in [3.8, 4) is 0 Å². The van der Waals surface area contributed by atoms with Gasteiger partial charge in [-0.05, 0) is 36.2 Å². The Bertz CT molecular complexity index is 526. The fourth-order valence-corrected chi connectivity index (χ4v) is 2.43. The maximum absolute atomic E-state index is 11.5. The van der Waals surface area contributed by atoms with Gasteiger partial charge in [0.15, 0.2) is 0 Å². The number of amides is 1. The molecule has 0 aromatic heterocycles. The number of fused-ring (bicyclic) bond motifs is 1. The molecular formula is C15H20N2O3. The summed E-state index contributed by atoms with van der Waals surface area (Å²) in [5, 5.41) is 8.98.